The van der Waals surface area contributed by atoms with Crippen LogP contribution < -0.4 is 10.1 Å². The van der Waals surface area contributed by atoms with Gasteiger partial charge >= 0.3 is 0 Å². The molecule has 2 rings (SSSR count). The molecule has 0 unspecified atom stereocenters. The maximum Gasteiger partial charge on any atom is 0.243 e. The molecule has 0 aliphatic rings. The molecular weight excluding hydrogens is 289 g/mol. The lowest BCUT2D eigenvalue weighted by atomic mass is 10.2. The van der Waals surface area contributed by atoms with Crippen LogP contribution in [0.15, 0.2) is 12.1 Å². The smallest absolute Gasteiger partial charge is 0.243 e. The van der Waals surface area contributed by atoms with E-state index in [0.29, 0.717) is 34.8 Å². The molecule has 0 aliphatic carbocycles. The molecule has 0 fully saturated rings. The summed E-state index contributed by atoms with van der Waals surface area (Å²) in [6.45, 7) is 3.17. The van der Waals surface area contributed by atoms with Crippen molar-refractivity contribution in [3.8, 4) is 5.75 Å². The zero-order valence-electron chi connectivity index (χ0n) is 10.5. The molecular formula is C11H13Cl2N5O. The van der Waals surface area contributed by atoms with Gasteiger partial charge in [-0.15, -0.1) is 0 Å². The van der Waals surface area contributed by atoms with Crippen LogP contribution in [0.25, 0.3) is 0 Å². The first-order valence-electron chi connectivity index (χ1n) is 5.67. The molecule has 2 aromatic rings. The fourth-order valence-corrected chi connectivity index (χ4v) is 2.32. The van der Waals surface area contributed by atoms with Crippen molar-refractivity contribution in [3.05, 3.63) is 27.7 Å². The summed E-state index contributed by atoms with van der Waals surface area (Å²) in [5, 5.41) is 15.4. The number of aryl methyl sites for hydroxylation is 1. The molecule has 0 radical (unpaired) electrons. The lowest BCUT2D eigenvalue weighted by Crippen LogP contribution is -2.08. The number of ether oxygens (including phenoxy) is 1. The van der Waals surface area contributed by atoms with Crippen molar-refractivity contribution in [2.75, 3.05) is 12.4 Å². The van der Waals surface area contributed by atoms with Crippen molar-refractivity contribution >= 4 is 29.2 Å². The summed E-state index contributed by atoms with van der Waals surface area (Å²) < 4.78 is 6.76. The van der Waals surface area contributed by atoms with Crippen molar-refractivity contribution in [1.82, 2.24) is 20.2 Å². The zero-order chi connectivity index (χ0) is 13.8. The third kappa shape index (κ3) is 3.08. The molecule has 0 saturated carbocycles. The van der Waals surface area contributed by atoms with Crippen LogP contribution in [0.3, 0.4) is 0 Å². The average molecular weight is 302 g/mol. The van der Waals surface area contributed by atoms with Crippen molar-refractivity contribution in [1.29, 1.82) is 0 Å². The van der Waals surface area contributed by atoms with Gasteiger partial charge in [0.1, 0.15) is 0 Å². The van der Waals surface area contributed by atoms with E-state index in [1.807, 2.05) is 6.92 Å². The highest BCUT2D eigenvalue weighted by molar-refractivity contribution is 6.37. The summed E-state index contributed by atoms with van der Waals surface area (Å²) in [5.41, 5.74) is 0.918. The first kappa shape index (κ1) is 13.9. The van der Waals surface area contributed by atoms with E-state index in [1.165, 1.54) is 7.11 Å². The first-order valence-corrected chi connectivity index (χ1v) is 6.43. The monoisotopic (exact) mass is 301 g/mol. The summed E-state index contributed by atoms with van der Waals surface area (Å²) in [6.07, 6.45) is 0. The Bertz CT molecular complexity index is 549. The normalized spacial score (nSPS) is 10.5. The number of anilines is 1. The van der Waals surface area contributed by atoms with Gasteiger partial charge in [0.2, 0.25) is 5.95 Å². The van der Waals surface area contributed by atoms with Gasteiger partial charge in [0, 0.05) is 13.1 Å². The van der Waals surface area contributed by atoms with Gasteiger partial charge in [0.15, 0.2) is 5.75 Å². The van der Waals surface area contributed by atoms with E-state index in [2.05, 4.69) is 20.8 Å². The molecule has 19 heavy (non-hydrogen) atoms. The minimum atomic E-state index is 0.474. The Morgan fingerprint density at radius 2 is 2.00 bits per heavy atom. The number of hydrogen-bond acceptors (Lipinski definition) is 5. The van der Waals surface area contributed by atoms with Gasteiger partial charge in [-0.3, -0.25) is 0 Å². The Balaban J connectivity index is 2.12. The predicted octanol–water partition coefficient (Wildman–Crippen LogP) is 2.62. The zero-order valence-corrected chi connectivity index (χ0v) is 12.0. The van der Waals surface area contributed by atoms with Gasteiger partial charge in [-0.1, -0.05) is 28.3 Å². The van der Waals surface area contributed by atoms with E-state index in [0.717, 1.165) is 5.56 Å². The Kier molecular flexibility index (Phi) is 4.44. The van der Waals surface area contributed by atoms with Crippen LogP contribution in [-0.4, -0.2) is 27.3 Å². The largest absolute Gasteiger partial charge is 0.494 e. The predicted molar refractivity (Wildman–Crippen MR) is 73.8 cm³/mol. The summed E-state index contributed by atoms with van der Waals surface area (Å²) in [6, 6.07) is 3.58. The van der Waals surface area contributed by atoms with Gasteiger partial charge in [-0.05, 0) is 35.0 Å². The van der Waals surface area contributed by atoms with Crippen molar-refractivity contribution in [2.45, 2.75) is 20.0 Å². The molecule has 0 saturated heterocycles. The minimum absolute atomic E-state index is 0.474. The van der Waals surface area contributed by atoms with E-state index in [9.17, 15) is 0 Å². The number of halogens is 2. The highest BCUT2D eigenvalue weighted by Gasteiger charge is 2.09. The fraction of sp³-hybridized carbons (Fsp3) is 0.364. The van der Waals surface area contributed by atoms with Gasteiger partial charge in [-0.25, -0.2) is 4.68 Å². The Morgan fingerprint density at radius 3 is 2.58 bits per heavy atom. The molecule has 1 N–H and O–H groups in total. The van der Waals surface area contributed by atoms with E-state index in [-0.39, 0.29) is 0 Å². The van der Waals surface area contributed by atoms with Gasteiger partial charge in [0.25, 0.3) is 0 Å². The van der Waals surface area contributed by atoms with E-state index >= 15 is 0 Å². The molecule has 8 heteroatoms. The van der Waals surface area contributed by atoms with E-state index in [1.54, 1.807) is 16.8 Å². The number of aromatic nitrogens is 4. The maximum absolute atomic E-state index is 6.07. The molecule has 0 bridgehead atoms. The molecule has 102 valence electrons. The average Bonchev–Trinajstić information content (AvgIpc) is 2.83. The van der Waals surface area contributed by atoms with Crippen LogP contribution in [0.2, 0.25) is 10.0 Å². The third-order valence-corrected chi connectivity index (χ3v) is 3.11. The standard InChI is InChI=1S/C11H13Cl2N5O/c1-3-18-11(15-16-17-18)14-6-7-4-8(12)10(19-2)9(13)5-7/h4-5H,3,6H2,1-2H3,(H,14,15,17). The molecule has 0 atom stereocenters. The molecule has 1 aromatic carbocycles. The Labute approximate surface area is 120 Å². The quantitative estimate of drug-likeness (QED) is 0.919. The second-order valence-corrected chi connectivity index (χ2v) is 4.58. The van der Waals surface area contributed by atoms with Gasteiger partial charge in [0.05, 0.1) is 17.2 Å². The third-order valence-electron chi connectivity index (χ3n) is 2.54. The van der Waals surface area contributed by atoms with Crippen LogP contribution in [0, 0.1) is 0 Å². The Hall–Kier alpha value is -1.53. The summed E-state index contributed by atoms with van der Waals surface area (Å²) in [5.74, 6) is 1.08. The number of rotatable bonds is 5. The molecule has 1 aromatic heterocycles. The van der Waals surface area contributed by atoms with Crippen LogP contribution in [0.1, 0.15) is 12.5 Å². The summed E-state index contributed by atoms with van der Waals surface area (Å²) in [4.78, 5) is 0. The molecule has 0 spiro atoms. The van der Waals surface area contributed by atoms with Crippen LogP contribution >= 0.6 is 23.2 Å². The molecule has 1 heterocycles. The highest BCUT2D eigenvalue weighted by atomic mass is 35.5. The number of methoxy groups -OCH3 is 1. The Morgan fingerprint density at radius 1 is 1.32 bits per heavy atom. The summed E-state index contributed by atoms with van der Waals surface area (Å²) >= 11 is 12.1. The maximum atomic E-state index is 6.07. The van der Waals surface area contributed by atoms with Gasteiger partial charge in [-0.2, -0.15) is 0 Å². The molecule has 0 amide bonds. The topological polar surface area (TPSA) is 64.9 Å². The van der Waals surface area contributed by atoms with E-state index < -0.39 is 0 Å². The van der Waals surface area contributed by atoms with Crippen LogP contribution in [0.5, 0.6) is 5.75 Å². The van der Waals surface area contributed by atoms with Crippen LogP contribution in [-0.2, 0) is 13.1 Å². The number of nitrogens with one attached hydrogen (secondary N) is 1. The fourth-order valence-electron chi connectivity index (χ4n) is 1.63. The van der Waals surface area contributed by atoms with Crippen LogP contribution in [0.4, 0.5) is 5.95 Å². The van der Waals surface area contributed by atoms with Gasteiger partial charge < -0.3 is 10.1 Å². The first-order chi connectivity index (χ1) is 9.15. The highest BCUT2D eigenvalue weighted by Crippen LogP contribution is 2.33. The number of tetrazole rings is 1. The molecule has 6 nitrogen and oxygen atoms in total. The SMILES string of the molecule is CCn1nnnc1NCc1cc(Cl)c(OC)c(Cl)c1. The minimum Gasteiger partial charge on any atom is -0.494 e. The van der Waals surface area contributed by atoms with Crippen molar-refractivity contribution in [2.24, 2.45) is 0 Å². The number of hydrogen-bond donors (Lipinski definition) is 1. The van der Waals surface area contributed by atoms with Crippen molar-refractivity contribution in [3.63, 3.8) is 0 Å². The molecule has 0 aliphatic heterocycles. The number of nitrogens with zero attached hydrogens (tertiary/aromatic N) is 4. The second kappa shape index (κ2) is 6.08. The lowest BCUT2D eigenvalue weighted by molar-refractivity contribution is 0.415. The van der Waals surface area contributed by atoms with Crippen molar-refractivity contribution < 1.29 is 4.74 Å². The summed E-state index contributed by atoms with van der Waals surface area (Å²) in [7, 11) is 1.53. The van der Waals surface area contributed by atoms with E-state index in [4.69, 9.17) is 27.9 Å². The lowest BCUT2D eigenvalue weighted by Gasteiger charge is -2.10. The number of benzene rings is 1. The second-order valence-electron chi connectivity index (χ2n) is 3.76.